The van der Waals surface area contributed by atoms with Crippen LogP contribution in [-0.2, 0) is 16.1 Å². The first-order chi connectivity index (χ1) is 9.15. The maximum Gasteiger partial charge on any atom is 0.237 e. The molecule has 0 saturated heterocycles. The van der Waals surface area contributed by atoms with Crippen molar-refractivity contribution >= 4 is 18.3 Å². The SMILES string of the molecule is COCCNCC(=O)N(Cc1cccnc1)C(C)C.Cl. The summed E-state index contributed by atoms with van der Waals surface area (Å²) >= 11 is 0. The van der Waals surface area contributed by atoms with Gasteiger partial charge >= 0.3 is 0 Å². The van der Waals surface area contributed by atoms with Crippen LogP contribution in [0.1, 0.15) is 19.4 Å². The molecule has 1 heterocycles. The van der Waals surface area contributed by atoms with E-state index in [1.165, 1.54) is 0 Å². The minimum Gasteiger partial charge on any atom is -0.383 e. The molecule has 1 N–H and O–H groups in total. The van der Waals surface area contributed by atoms with Gasteiger partial charge in [-0.3, -0.25) is 9.78 Å². The summed E-state index contributed by atoms with van der Waals surface area (Å²) in [5.41, 5.74) is 1.04. The summed E-state index contributed by atoms with van der Waals surface area (Å²) in [6.07, 6.45) is 3.53. The fraction of sp³-hybridized carbons (Fsp3) is 0.571. The van der Waals surface area contributed by atoms with Gasteiger partial charge in [-0.2, -0.15) is 0 Å². The molecular formula is C14H24ClN3O2. The van der Waals surface area contributed by atoms with E-state index in [2.05, 4.69) is 10.3 Å². The van der Waals surface area contributed by atoms with E-state index in [1.54, 1.807) is 19.5 Å². The number of hydrogen-bond donors (Lipinski definition) is 1. The molecule has 1 rings (SSSR count). The van der Waals surface area contributed by atoms with Crippen LogP contribution in [-0.4, -0.2) is 48.6 Å². The number of carbonyl (C=O) groups excluding carboxylic acids is 1. The molecule has 0 aliphatic carbocycles. The second-order valence-electron chi connectivity index (χ2n) is 4.65. The Bertz CT molecular complexity index is 374. The number of carbonyl (C=O) groups is 1. The van der Waals surface area contributed by atoms with Gasteiger partial charge in [0.25, 0.3) is 0 Å². The Morgan fingerprint density at radius 1 is 1.50 bits per heavy atom. The van der Waals surface area contributed by atoms with Gasteiger partial charge in [0.2, 0.25) is 5.91 Å². The molecule has 0 unspecified atom stereocenters. The third-order valence-electron chi connectivity index (χ3n) is 2.78. The average molecular weight is 302 g/mol. The number of halogens is 1. The first-order valence-corrected chi connectivity index (χ1v) is 6.53. The van der Waals surface area contributed by atoms with Crippen molar-refractivity contribution in [2.24, 2.45) is 0 Å². The minimum atomic E-state index is 0. The predicted molar refractivity (Wildman–Crippen MR) is 81.9 cm³/mol. The lowest BCUT2D eigenvalue weighted by Gasteiger charge is -2.27. The van der Waals surface area contributed by atoms with Crippen molar-refractivity contribution in [1.29, 1.82) is 0 Å². The molecule has 20 heavy (non-hydrogen) atoms. The van der Waals surface area contributed by atoms with Crippen LogP contribution >= 0.6 is 12.4 Å². The molecule has 0 aliphatic heterocycles. The van der Waals surface area contributed by atoms with Gasteiger partial charge in [0.15, 0.2) is 0 Å². The fourth-order valence-corrected chi connectivity index (χ4v) is 1.72. The van der Waals surface area contributed by atoms with Crippen molar-refractivity contribution in [1.82, 2.24) is 15.2 Å². The number of hydrogen-bond acceptors (Lipinski definition) is 4. The first-order valence-electron chi connectivity index (χ1n) is 6.53. The van der Waals surface area contributed by atoms with Gasteiger partial charge in [0.1, 0.15) is 0 Å². The summed E-state index contributed by atoms with van der Waals surface area (Å²) in [5, 5.41) is 3.08. The molecule has 0 aromatic carbocycles. The molecule has 0 radical (unpaired) electrons. The van der Waals surface area contributed by atoms with E-state index in [0.29, 0.717) is 26.2 Å². The number of rotatable bonds is 8. The highest BCUT2D eigenvalue weighted by molar-refractivity contribution is 5.85. The molecule has 0 bridgehead atoms. The lowest BCUT2D eigenvalue weighted by Crippen LogP contribution is -2.42. The Balaban J connectivity index is 0.00000361. The predicted octanol–water partition coefficient (Wildman–Crippen LogP) is 1.48. The quantitative estimate of drug-likeness (QED) is 0.739. The van der Waals surface area contributed by atoms with Crippen LogP contribution in [0.2, 0.25) is 0 Å². The fourth-order valence-electron chi connectivity index (χ4n) is 1.72. The van der Waals surface area contributed by atoms with Gasteiger partial charge in [-0.15, -0.1) is 12.4 Å². The first kappa shape index (κ1) is 18.8. The number of ether oxygens (including phenoxy) is 1. The summed E-state index contributed by atoms with van der Waals surface area (Å²) in [4.78, 5) is 18.1. The second kappa shape index (κ2) is 10.6. The second-order valence-corrected chi connectivity index (χ2v) is 4.65. The third-order valence-corrected chi connectivity index (χ3v) is 2.78. The van der Waals surface area contributed by atoms with E-state index in [-0.39, 0.29) is 24.4 Å². The Morgan fingerprint density at radius 3 is 2.80 bits per heavy atom. The van der Waals surface area contributed by atoms with E-state index in [1.807, 2.05) is 30.9 Å². The van der Waals surface area contributed by atoms with Crippen LogP contribution in [0, 0.1) is 0 Å². The van der Waals surface area contributed by atoms with Gasteiger partial charge in [0, 0.05) is 38.6 Å². The van der Waals surface area contributed by atoms with Crippen molar-refractivity contribution in [2.75, 3.05) is 26.8 Å². The largest absolute Gasteiger partial charge is 0.383 e. The van der Waals surface area contributed by atoms with E-state index in [0.717, 1.165) is 5.56 Å². The van der Waals surface area contributed by atoms with Gasteiger partial charge in [-0.25, -0.2) is 0 Å². The van der Waals surface area contributed by atoms with Crippen LogP contribution in [0.4, 0.5) is 0 Å². The van der Waals surface area contributed by atoms with E-state index < -0.39 is 0 Å². The van der Waals surface area contributed by atoms with Crippen molar-refractivity contribution in [2.45, 2.75) is 26.4 Å². The monoisotopic (exact) mass is 301 g/mol. The van der Waals surface area contributed by atoms with Gasteiger partial charge in [0.05, 0.1) is 13.2 Å². The number of nitrogens with zero attached hydrogens (tertiary/aromatic N) is 2. The zero-order valence-electron chi connectivity index (χ0n) is 12.3. The maximum absolute atomic E-state index is 12.2. The minimum absolute atomic E-state index is 0. The molecule has 114 valence electrons. The summed E-state index contributed by atoms with van der Waals surface area (Å²) in [6.45, 7) is 6.25. The lowest BCUT2D eigenvalue weighted by molar-refractivity contribution is -0.132. The highest BCUT2D eigenvalue weighted by Gasteiger charge is 2.16. The molecule has 1 aromatic heterocycles. The molecule has 5 nitrogen and oxygen atoms in total. The summed E-state index contributed by atoms with van der Waals surface area (Å²) in [6, 6.07) is 4.03. The summed E-state index contributed by atoms with van der Waals surface area (Å²) in [7, 11) is 1.65. The highest BCUT2D eigenvalue weighted by Crippen LogP contribution is 2.07. The van der Waals surface area contributed by atoms with Crippen LogP contribution in [0.25, 0.3) is 0 Å². The van der Waals surface area contributed by atoms with Crippen molar-refractivity contribution in [3.63, 3.8) is 0 Å². The van der Waals surface area contributed by atoms with Crippen LogP contribution in [0.3, 0.4) is 0 Å². The molecule has 0 atom stereocenters. The number of aromatic nitrogens is 1. The van der Waals surface area contributed by atoms with Crippen molar-refractivity contribution in [3.8, 4) is 0 Å². The maximum atomic E-state index is 12.2. The Kier molecular flexibility index (Phi) is 9.98. The lowest BCUT2D eigenvalue weighted by atomic mass is 10.2. The summed E-state index contributed by atoms with van der Waals surface area (Å²) < 4.78 is 4.93. The zero-order chi connectivity index (χ0) is 14.1. The summed E-state index contributed by atoms with van der Waals surface area (Å²) in [5.74, 6) is 0.0926. The van der Waals surface area contributed by atoms with Crippen molar-refractivity contribution in [3.05, 3.63) is 30.1 Å². The molecule has 0 aliphatic rings. The average Bonchev–Trinajstić information content (AvgIpc) is 2.41. The van der Waals surface area contributed by atoms with Gasteiger partial charge < -0.3 is 15.0 Å². The van der Waals surface area contributed by atoms with Crippen LogP contribution in [0.5, 0.6) is 0 Å². The van der Waals surface area contributed by atoms with Gasteiger partial charge in [-0.1, -0.05) is 6.07 Å². The Hall–Kier alpha value is -1.17. The molecule has 6 heteroatoms. The standard InChI is InChI=1S/C14H23N3O2.ClH/c1-12(2)17(11-13-5-4-6-15-9-13)14(18)10-16-7-8-19-3;/h4-6,9,12,16H,7-8,10-11H2,1-3H3;1H. The van der Waals surface area contributed by atoms with E-state index in [4.69, 9.17) is 4.74 Å². The Labute approximate surface area is 127 Å². The van der Waals surface area contributed by atoms with Crippen LogP contribution < -0.4 is 5.32 Å². The van der Waals surface area contributed by atoms with Crippen LogP contribution in [0.15, 0.2) is 24.5 Å². The van der Waals surface area contributed by atoms with Gasteiger partial charge in [-0.05, 0) is 25.5 Å². The molecule has 0 saturated carbocycles. The molecule has 0 fully saturated rings. The Morgan fingerprint density at radius 2 is 2.25 bits per heavy atom. The number of amides is 1. The van der Waals surface area contributed by atoms with E-state index in [9.17, 15) is 4.79 Å². The highest BCUT2D eigenvalue weighted by atomic mass is 35.5. The molecule has 1 amide bonds. The molecule has 0 spiro atoms. The topological polar surface area (TPSA) is 54.5 Å². The van der Waals surface area contributed by atoms with Crippen molar-refractivity contribution < 1.29 is 9.53 Å². The number of pyridine rings is 1. The number of methoxy groups -OCH3 is 1. The number of nitrogens with one attached hydrogen (secondary N) is 1. The normalized spacial score (nSPS) is 10.2. The molecule has 1 aromatic rings. The smallest absolute Gasteiger partial charge is 0.237 e. The van der Waals surface area contributed by atoms with E-state index >= 15 is 0 Å². The molecular weight excluding hydrogens is 278 g/mol. The third kappa shape index (κ3) is 6.84. The zero-order valence-corrected chi connectivity index (χ0v) is 13.2.